The minimum absolute atomic E-state index is 0.0224. The molecule has 0 spiro atoms. The number of nitrogens with zero attached hydrogens (tertiary/aromatic N) is 3. The summed E-state index contributed by atoms with van der Waals surface area (Å²) in [6.07, 6.45) is 1.72. The van der Waals surface area contributed by atoms with E-state index in [1.807, 2.05) is 17.0 Å². The van der Waals surface area contributed by atoms with Gasteiger partial charge in [-0.05, 0) is 12.1 Å². The number of anilines is 1. The fourth-order valence-corrected chi connectivity index (χ4v) is 1.84. The van der Waals surface area contributed by atoms with Crippen molar-refractivity contribution in [3.05, 3.63) is 29.4 Å². The van der Waals surface area contributed by atoms with Gasteiger partial charge in [-0.3, -0.25) is 0 Å². The molecule has 0 aromatic carbocycles. The summed E-state index contributed by atoms with van der Waals surface area (Å²) < 4.78 is 1.68. The molecule has 17 heavy (non-hydrogen) atoms. The van der Waals surface area contributed by atoms with Crippen LogP contribution in [0.3, 0.4) is 0 Å². The van der Waals surface area contributed by atoms with E-state index in [-0.39, 0.29) is 13.2 Å². The van der Waals surface area contributed by atoms with Gasteiger partial charge in [0.15, 0.2) is 5.82 Å². The van der Waals surface area contributed by atoms with Gasteiger partial charge in [0.2, 0.25) is 0 Å². The van der Waals surface area contributed by atoms with Crippen molar-refractivity contribution in [3.8, 4) is 0 Å². The van der Waals surface area contributed by atoms with Crippen LogP contribution < -0.4 is 4.90 Å². The average Bonchev–Trinajstić information content (AvgIpc) is 2.71. The predicted octanol–water partition coefficient (Wildman–Crippen LogP) is 0.779. The normalized spacial score (nSPS) is 11.0. The molecule has 0 radical (unpaired) electrons. The zero-order valence-electron chi connectivity index (χ0n) is 9.25. The van der Waals surface area contributed by atoms with Gasteiger partial charge >= 0.3 is 0 Å². The molecule has 0 saturated carbocycles. The molecule has 2 aromatic heterocycles. The minimum Gasteiger partial charge on any atom is -0.395 e. The van der Waals surface area contributed by atoms with Crippen LogP contribution in [-0.2, 0) is 0 Å². The highest BCUT2D eigenvalue weighted by atomic mass is 35.5. The average molecular weight is 256 g/mol. The molecule has 0 bridgehead atoms. The molecule has 0 amide bonds. The third kappa shape index (κ3) is 2.69. The molecule has 0 aliphatic heterocycles. The maximum Gasteiger partial charge on any atom is 0.151 e. The summed E-state index contributed by atoms with van der Waals surface area (Å²) in [6, 6.07) is 5.56. The van der Waals surface area contributed by atoms with Gasteiger partial charge in [0.25, 0.3) is 0 Å². The Labute approximate surface area is 104 Å². The first-order chi connectivity index (χ1) is 8.24. The first-order valence-corrected chi connectivity index (χ1v) is 5.74. The second-order valence-electron chi connectivity index (χ2n) is 3.65. The van der Waals surface area contributed by atoms with Crippen LogP contribution in [0.4, 0.5) is 5.82 Å². The summed E-state index contributed by atoms with van der Waals surface area (Å²) in [5, 5.41) is 22.9. The Hall–Kier alpha value is -1.30. The van der Waals surface area contributed by atoms with Gasteiger partial charge in [0.05, 0.1) is 23.8 Å². The van der Waals surface area contributed by atoms with E-state index in [9.17, 15) is 0 Å². The van der Waals surface area contributed by atoms with Crippen LogP contribution in [0.15, 0.2) is 24.4 Å². The number of aromatic nitrogens is 2. The van der Waals surface area contributed by atoms with Crippen molar-refractivity contribution in [2.24, 2.45) is 0 Å². The summed E-state index contributed by atoms with van der Waals surface area (Å²) in [5.74, 6) is 0.718. The molecule has 2 rings (SSSR count). The molecule has 2 N–H and O–H groups in total. The molecule has 5 nitrogen and oxygen atoms in total. The van der Waals surface area contributed by atoms with Crippen molar-refractivity contribution in [3.63, 3.8) is 0 Å². The zero-order chi connectivity index (χ0) is 12.3. The van der Waals surface area contributed by atoms with Gasteiger partial charge in [-0.2, -0.15) is 5.10 Å². The molecule has 92 valence electrons. The number of pyridine rings is 1. The Kier molecular flexibility index (Phi) is 3.83. The van der Waals surface area contributed by atoms with Crippen LogP contribution in [0.25, 0.3) is 5.52 Å². The Bertz CT molecular complexity index is 494. The van der Waals surface area contributed by atoms with Crippen molar-refractivity contribution in [2.75, 3.05) is 31.2 Å². The number of aliphatic hydroxyl groups excluding tert-OH is 2. The summed E-state index contributed by atoms with van der Waals surface area (Å²) in [4.78, 5) is 1.82. The molecule has 0 saturated heterocycles. The first kappa shape index (κ1) is 12.2. The van der Waals surface area contributed by atoms with Crippen LogP contribution >= 0.6 is 11.6 Å². The number of hydrogen-bond donors (Lipinski definition) is 2. The van der Waals surface area contributed by atoms with E-state index in [1.54, 1.807) is 16.8 Å². The zero-order valence-corrected chi connectivity index (χ0v) is 10.0. The van der Waals surface area contributed by atoms with Crippen LogP contribution in [0.2, 0.25) is 5.02 Å². The highest BCUT2D eigenvalue weighted by Crippen LogP contribution is 2.17. The topological polar surface area (TPSA) is 61.0 Å². The monoisotopic (exact) mass is 255 g/mol. The smallest absolute Gasteiger partial charge is 0.151 e. The van der Waals surface area contributed by atoms with Gasteiger partial charge < -0.3 is 15.1 Å². The lowest BCUT2D eigenvalue weighted by atomic mass is 10.4. The van der Waals surface area contributed by atoms with E-state index in [2.05, 4.69) is 5.10 Å². The van der Waals surface area contributed by atoms with E-state index < -0.39 is 0 Å². The third-order valence-electron chi connectivity index (χ3n) is 2.47. The fourth-order valence-electron chi connectivity index (χ4n) is 1.68. The van der Waals surface area contributed by atoms with Crippen LogP contribution in [0.5, 0.6) is 0 Å². The van der Waals surface area contributed by atoms with Crippen molar-refractivity contribution < 1.29 is 10.2 Å². The number of fused-ring (bicyclic) bond motifs is 1. The standard InChI is InChI=1S/C11H14ClN3O2/c12-9-1-2-10-7-11(13-15(10)8-9)14(3-5-16)4-6-17/h1-2,7-8,16-17H,3-6H2. The Morgan fingerprint density at radius 2 is 1.94 bits per heavy atom. The molecular formula is C11H14ClN3O2. The number of halogens is 1. The molecular weight excluding hydrogens is 242 g/mol. The van der Waals surface area contributed by atoms with E-state index in [4.69, 9.17) is 21.8 Å². The van der Waals surface area contributed by atoms with Crippen molar-refractivity contribution >= 4 is 22.9 Å². The molecule has 6 heteroatoms. The SMILES string of the molecule is OCCN(CCO)c1cc2ccc(Cl)cn2n1. The molecule has 0 atom stereocenters. The Morgan fingerprint density at radius 3 is 2.59 bits per heavy atom. The van der Waals surface area contributed by atoms with Crippen LogP contribution in [0, 0.1) is 0 Å². The molecule has 0 fully saturated rings. The van der Waals surface area contributed by atoms with Crippen molar-refractivity contribution in [1.82, 2.24) is 9.61 Å². The maximum absolute atomic E-state index is 8.96. The van der Waals surface area contributed by atoms with Crippen LogP contribution in [0.1, 0.15) is 0 Å². The lowest BCUT2D eigenvalue weighted by molar-refractivity contribution is 0.280. The van der Waals surface area contributed by atoms with E-state index in [0.717, 1.165) is 11.3 Å². The highest BCUT2D eigenvalue weighted by molar-refractivity contribution is 6.30. The molecule has 0 aliphatic carbocycles. The predicted molar refractivity (Wildman–Crippen MR) is 66.6 cm³/mol. The fraction of sp³-hybridized carbons (Fsp3) is 0.364. The number of aliphatic hydroxyl groups is 2. The van der Waals surface area contributed by atoms with Gasteiger partial charge in [-0.15, -0.1) is 0 Å². The lowest BCUT2D eigenvalue weighted by Crippen LogP contribution is -2.30. The van der Waals surface area contributed by atoms with Gasteiger partial charge in [0, 0.05) is 25.4 Å². The molecule has 0 unspecified atom stereocenters. The summed E-state index contributed by atoms with van der Waals surface area (Å²) >= 11 is 5.88. The van der Waals surface area contributed by atoms with Crippen molar-refractivity contribution in [1.29, 1.82) is 0 Å². The maximum atomic E-state index is 8.96. The number of rotatable bonds is 5. The largest absolute Gasteiger partial charge is 0.395 e. The molecule has 0 aliphatic rings. The Balaban J connectivity index is 2.33. The Morgan fingerprint density at radius 1 is 1.24 bits per heavy atom. The van der Waals surface area contributed by atoms with Gasteiger partial charge in [0.1, 0.15) is 0 Å². The summed E-state index contributed by atoms with van der Waals surface area (Å²) in [6.45, 7) is 0.930. The van der Waals surface area contributed by atoms with E-state index in [1.165, 1.54) is 0 Å². The third-order valence-corrected chi connectivity index (χ3v) is 2.70. The second-order valence-corrected chi connectivity index (χ2v) is 4.09. The minimum atomic E-state index is 0.0224. The summed E-state index contributed by atoms with van der Waals surface area (Å²) in [5.41, 5.74) is 0.922. The van der Waals surface area contributed by atoms with E-state index >= 15 is 0 Å². The highest BCUT2D eigenvalue weighted by Gasteiger charge is 2.09. The lowest BCUT2D eigenvalue weighted by Gasteiger charge is -2.19. The molecule has 2 aromatic rings. The summed E-state index contributed by atoms with van der Waals surface area (Å²) in [7, 11) is 0. The van der Waals surface area contributed by atoms with Gasteiger partial charge in [-0.25, -0.2) is 4.52 Å². The van der Waals surface area contributed by atoms with Gasteiger partial charge in [-0.1, -0.05) is 11.6 Å². The quantitative estimate of drug-likeness (QED) is 0.829. The van der Waals surface area contributed by atoms with E-state index in [0.29, 0.717) is 18.1 Å². The van der Waals surface area contributed by atoms with Crippen molar-refractivity contribution in [2.45, 2.75) is 0 Å². The number of hydrogen-bond acceptors (Lipinski definition) is 4. The second kappa shape index (κ2) is 5.35. The molecule has 2 heterocycles. The first-order valence-electron chi connectivity index (χ1n) is 5.36. The van der Waals surface area contributed by atoms with Crippen LogP contribution in [-0.4, -0.2) is 46.1 Å².